The fourth-order valence-corrected chi connectivity index (χ4v) is 3.38. The maximum atomic E-state index is 12.0. The molecule has 3 atom stereocenters. The van der Waals surface area contributed by atoms with Gasteiger partial charge in [-0.15, -0.1) is 0 Å². The summed E-state index contributed by atoms with van der Waals surface area (Å²) in [5.41, 5.74) is 2.31. The number of piperazine rings is 1. The summed E-state index contributed by atoms with van der Waals surface area (Å²) in [5.74, 6) is 0.217. The van der Waals surface area contributed by atoms with Gasteiger partial charge in [0.15, 0.2) is 0 Å². The van der Waals surface area contributed by atoms with E-state index in [4.69, 9.17) is 0 Å². The van der Waals surface area contributed by atoms with E-state index in [-0.39, 0.29) is 36.5 Å². The number of hydrogen-bond acceptors (Lipinski definition) is 3. The number of fused-ring (bicyclic) bond motifs is 5. The van der Waals surface area contributed by atoms with Crippen molar-refractivity contribution in [1.29, 1.82) is 0 Å². The third kappa shape index (κ3) is 1.11. The van der Waals surface area contributed by atoms with Gasteiger partial charge in [0.25, 0.3) is 0 Å². The highest BCUT2D eigenvalue weighted by molar-refractivity contribution is 5.96. The molecule has 0 bridgehead atoms. The van der Waals surface area contributed by atoms with Crippen molar-refractivity contribution in [2.24, 2.45) is 0 Å². The van der Waals surface area contributed by atoms with Crippen LogP contribution in [0.15, 0.2) is 24.3 Å². The van der Waals surface area contributed by atoms with Crippen LogP contribution in [0, 0.1) is 0 Å². The summed E-state index contributed by atoms with van der Waals surface area (Å²) >= 11 is 0. The normalized spacial score (nSPS) is 32.4. The Labute approximate surface area is 104 Å². The summed E-state index contributed by atoms with van der Waals surface area (Å²) < 4.78 is 0. The van der Waals surface area contributed by atoms with Crippen LogP contribution in [0.4, 0.5) is 5.69 Å². The van der Waals surface area contributed by atoms with Gasteiger partial charge < -0.3 is 15.5 Å². The molecule has 0 saturated carbocycles. The molecule has 3 heterocycles. The second-order valence-electron chi connectivity index (χ2n) is 5.05. The zero-order chi connectivity index (χ0) is 12.3. The first-order valence-corrected chi connectivity index (χ1v) is 6.20. The van der Waals surface area contributed by atoms with Gasteiger partial charge in [-0.2, -0.15) is 0 Å². The summed E-state index contributed by atoms with van der Waals surface area (Å²) in [5, 5.41) is 6.03. The van der Waals surface area contributed by atoms with E-state index >= 15 is 0 Å². The standard InChI is InChI=1S/C13H13N3O2/c17-11-6-14-13(18)10-5-8-7-3-1-2-4-9(7)15-12(8)16(10)11/h1-4,8,10,12,15H,5-6H2,(H,14,18). The Kier molecular flexibility index (Phi) is 1.79. The number of hydrogen-bond donors (Lipinski definition) is 2. The zero-order valence-electron chi connectivity index (χ0n) is 9.72. The molecule has 92 valence electrons. The van der Waals surface area contributed by atoms with Crippen molar-refractivity contribution in [1.82, 2.24) is 10.2 Å². The zero-order valence-corrected chi connectivity index (χ0v) is 9.72. The van der Waals surface area contributed by atoms with Gasteiger partial charge in [0.05, 0.1) is 6.54 Å². The lowest BCUT2D eigenvalue weighted by Gasteiger charge is -2.33. The summed E-state index contributed by atoms with van der Waals surface area (Å²) in [6.07, 6.45) is 0.664. The summed E-state index contributed by atoms with van der Waals surface area (Å²) in [7, 11) is 0. The molecular formula is C13H13N3O2. The third-order valence-electron chi connectivity index (χ3n) is 4.16. The van der Waals surface area contributed by atoms with Gasteiger partial charge in [-0.25, -0.2) is 0 Å². The summed E-state index contributed by atoms with van der Waals surface area (Å²) in [6.45, 7) is 0.122. The van der Waals surface area contributed by atoms with Crippen LogP contribution in [0.3, 0.4) is 0 Å². The van der Waals surface area contributed by atoms with Crippen molar-refractivity contribution in [3.63, 3.8) is 0 Å². The van der Waals surface area contributed by atoms with E-state index in [0.717, 1.165) is 5.69 Å². The molecule has 4 rings (SSSR count). The molecule has 0 aromatic heterocycles. The number of amides is 2. The highest BCUT2D eigenvalue weighted by atomic mass is 16.2. The van der Waals surface area contributed by atoms with Gasteiger partial charge in [-0.1, -0.05) is 18.2 Å². The highest BCUT2D eigenvalue weighted by Gasteiger charge is 2.52. The lowest BCUT2D eigenvalue weighted by atomic mass is 9.96. The molecular weight excluding hydrogens is 230 g/mol. The van der Waals surface area contributed by atoms with Crippen molar-refractivity contribution in [2.45, 2.75) is 24.5 Å². The maximum Gasteiger partial charge on any atom is 0.244 e. The fourth-order valence-electron chi connectivity index (χ4n) is 3.38. The van der Waals surface area contributed by atoms with Gasteiger partial charge >= 0.3 is 0 Å². The smallest absolute Gasteiger partial charge is 0.244 e. The Morgan fingerprint density at radius 3 is 2.94 bits per heavy atom. The van der Waals surface area contributed by atoms with Crippen LogP contribution < -0.4 is 10.6 Å². The van der Waals surface area contributed by atoms with Gasteiger partial charge in [-0.3, -0.25) is 9.59 Å². The van der Waals surface area contributed by atoms with Crippen molar-refractivity contribution in [2.75, 3.05) is 11.9 Å². The van der Waals surface area contributed by atoms with Crippen LogP contribution in [0.2, 0.25) is 0 Å². The minimum Gasteiger partial charge on any atom is -0.364 e. The molecule has 0 aliphatic carbocycles. The number of para-hydroxylation sites is 1. The average Bonchev–Trinajstić information content (AvgIpc) is 2.90. The molecule has 5 heteroatoms. The van der Waals surface area contributed by atoms with Crippen LogP contribution in [0.1, 0.15) is 17.9 Å². The van der Waals surface area contributed by atoms with Gasteiger partial charge in [-0.05, 0) is 18.1 Å². The van der Waals surface area contributed by atoms with Crippen LogP contribution >= 0.6 is 0 Å². The first-order chi connectivity index (χ1) is 8.75. The third-order valence-corrected chi connectivity index (χ3v) is 4.16. The number of anilines is 1. The number of nitrogens with one attached hydrogen (secondary N) is 2. The second-order valence-corrected chi connectivity index (χ2v) is 5.05. The van der Waals surface area contributed by atoms with E-state index in [2.05, 4.69) is 16.7 Å². The molecule has 5 nitrogen and oxygen atoms in total. The molecule has 18 heavy (non-hydrogen) atoms. The van der Waals surface area contributed by atoms with Crippen LogP contribution in [-0.2, 0) is 9.59 Å². The van der Waals surface area contributed by atoms with Crippen LogP contribution in [0.5, 0.6) is 0 Å². The largest absolute Gasteiger partial charge is 0.364 e. The number of benzene rings is 1. The molecule has 2 N–H and O–H groups in total. The molecule has 2 fully saturated rings. The Morgan fingerprint density at radius 1 is 1.22 bits per heavy atom. The molecule has 3 aliphatic heterocycles. The molecule has 3 unspecified atom stereocenters. The predicted molar refractivity (Wildman–Crippen MR) is 64.9 cm³/mol. The van der Waals surface area contributed by atoms with E-state index in [1.165, 1.54) is 5.56 Å². The van der Waals surface area contributed by atoms with E-state index in [1.54, 1.807) is 4.90 Å². The lowest BCUT2D eigenvalue weighted by molar-refractivity contribution is -0.144. The molecule has 2 amide bonds. The van der Waals surface area contributed by atoms with Crippen molar-refractivity contribution in [3.05, 3.63) is 29.8 Å². The Balaban J connectivity index is 1.76. The monoisotopic (exact) mass is 243 g/mol. The maximum absolute atomic E-state index is 12.0. The van der Waals surface area contributed by atoms with Gasteiger partial charge in [0.2, 0.25) is 11.8 Å². The summed E-state index contributed by atoms with van der Waals surface area (Å²) in [4.78, 5) is 25.5. The quantitative estimate of drug-likeness (QED) is 0.686. The van der Waals surface area contributed by atoms with Gasteiger partial charge in [0, 0.05) is 11.6 Å². The summed E-state index contributed by atoms with van der Waals surface area (Å²) in [6, 6.07) is 7.78. The number of carbonyl (C=O) groups is 2. The Hall–Kier alpha value is -2.04. The molecule has 2 saturated heterocycles. The Morgan fingerprint density at radius 2 is 2.06 bits per heavy atom. The fraction of sp³-hybridized carbons (Fsp3) is 0.385. The topological polar surface area (TPSA) is 61.4 Å². The molecule has 0 radical (unpaired) electrons. The minimum absolute atomic E-state index is 0.00686. The number of rotatable bonds is 0. The van der Waals surface area contributed by atoms with E-state index < -0.39 is 0 Å². The SMILES string of the molecule is O=C1NCC(=O)N2C1CC1c3ccccc3NC12. The van der Waals surface area contributed by atoms with Gasteiger partial charge in [0.1, 0.15) is 12.2 Å². The molecule has 0 spiro atoms. The minimum atomic E-state index is -0.304. The van der Waals surface area contributed by atoms with E-state index in [0.29, 0.717) is 6.42 Å². The van der Waals surface area contributed by atoms with E-state index in [1.807, 2.05) is 18.2 Å². The lowest BCUT2D eigenvalue weighted by Crippen LogP contribution is -2.58. The highest BCUT2D eigenvalue weighted by Crippen LogP contribution is 2.46. The van der Waals surface area contributed by atoms with Crippen molar-refractivity contribution >= 4 is 17.5 Å². The Bertz CT molecular complexity index is 557. The molecule has 3 aliphatic rings. The predicted octanol–water partition coefficient (Wildman–Crippen LogP) is 0.252. The number of nitrogens with zero attached hydrogens (tertiary/aromatic N) is 1. The first-order valence-electron chi connectivity index (χ1n) is 6.20. The molecule has 1 aromatic carbocycles. The van der Waals surface area contributed by atoms with E-state index in [9.17, 15) is 9.59 Å². The average molecular weight is 243 g/mol. The van der Waals surface area contributed by atoms with Crippen molar-refractivity contribution in [3.8, 4) is 0 Å². The number of carbonyl (C=O) groups excluding carboxylic acids is 2. The molecule has 1 aromatic rings. The van der Waals surface area contributed by atoms with Crippen LogP contribution in [-0.4, -0.2) is 35.5 Å². The second kappa shape index (κ2) is 3.25. The first kappa shape index (κ1) is 9.94. The van der Waals surface area contributed by atoms with Crippen molar-refractivity contribution < 1.29 is 9.59 Å². The van der Waals surface area contributed by atoms with Crippen LogP contribution in [0.25, 0.3) is 0 Å².